The van der Waals surface area contributed by atoms with E-state index >= 15 is 0 Å². The highest BCUT2D eigenvalue weighted by Gasteiger charge is 2.27. The van der Waals surface area contributed by atoms with Gasteiger partial charge in [0, 0.05) is 6.54 Å². The first-order valence-corrected chi connectivity index (χ1v) is 8.86. The van der Waals surface area contributed by atoms with Crippen molar-refractivity contribution in [1.82, 2.24) is 9.55 Å². The Kier molecular flexibility index (Phi) is 4.77. The molecule has 6 nitrogen and oxygen atoms in total. The SMILES string of the molecule is O=C(Cn1c(=O)cnc2ccccc21)N1CCCc2cccc(OC(F)F)c21. The number of aryl methyl sites for hydroxylation is 1. The maximum Gasteiger partial charge on any atom is 0.387 e. The minimum Gasteiger partial charge on any atom is -0.433 e. The lowest BCUT2D eigenvalue weighted by molar-refractivity contribution is -0.119. The van der Waals surface area contributed by atoms with Crippen molar-refractivity contribution in [3.05, 3.63) is 64.6 Å². The molecule has 28 heavy (non-hydrogen) atoms. The molecule has 0 N–H and O–H groups in total. The molecule has 0 saturated carbocycles. The van der Waals surface area contributed by atoms with Crippen LogP contribution >= 0.6 is 0 Å². The lowest BCUT2D eigenvalue weighted by Gasteiger charge is -2.31. The summed E-state index contributed by atoms with van der Waals surface area (Å²) in [6.07, 6.45) is 2.53. The van der Waals surface area contributed by atoms with E-state index in [9.17, 15) is 18.4 Å². The van der Waals surface area contributed by atoms with Crippen LogP contribution in [0.5, 0.6) is 5.75 Å². The average Bonchev–Trinajstić information content (AvgIpc) is 2.69. The Morgan fingerprint density at radius 1 is 1.18 bits per heavy atom. The molecule has 1 aliphatic heterocycles. The number of carbonyl (C=O) groups is 1. The van der Waals surface area contributed by atoms with Crippen molar-refractivity contribution in [1.29, 1.82) is 0 Å². The van der Waals surface area contributed by atoms with Crippen LogP contribution in [0, 0.1) is 0 Å². The van der Waals surface area contributed by atoms with Gasteiger partial charge in [-0.2, -0.15) is 8.78 Å². The van der Waals surface area contributed by atoms with Gasteiger partial charge in [-0.3, -0.25) is 14.2 Å². The summed E-state index contributed by atoms with van der Waals surface area (Å²) >= 11 is 0. The van der Waals surface area contributed by atoms with Gasteiger partial charge in [0.05, 0.1) is 22.9 Å². The van der Waals surface area contributed by atoms with Crippen LogP contribution in [-0.2, 0) is 17.8 Å². The van der Waals surface area contributed by atoms with Crippen LogP contribution in [0.3, 0.4) is 0 Å². The number of rotatable bonds is 4. The van der Waals surface area contributed by atoms with Crippen LogP contribution in [0.4, 0.5) is 14.5 Å². The number of carbonyl (C=O) groups excluding carboxylic acids is 1. The van der Waals surface area contributed by atoms with Gasteiger partial charge in [0.15, 0.2) is 0 Å². The Morgan fingerprint density at radius 3 is 2.82 bits per heavy atom. The molecule has 0 spiro atoms. The highest BCUT2D eigenvalue weighted by molar-refractivity contribution is 5.96. The van der Waals surface area contributed by atoms with E-state index in [-0.39, 0.29) is 18.2 Å². The predicted molar refractivity (Wildman–Crippen MR) is 99.8 cm³/mol. The standard InChI is InChI=1S/C20H17F2N3O3/c21-20(22)28-16-9-3-5-13-6-4-10-24(19(13)16)18(27)12-25-15-8-2-1-7-14(15)23-11-17(25)26/h1-3,5,7-9,11,20H,4,6,10,12H2. The number of aromatic nitrogens is 2. The molecular weight excluding hydrogens is 368 g/mol. The second-order valence-corrected chi connectivity index (χ2v) is 6.46. The molecule has 8 heteroatoms. The summed E-state index contributed by atoms with van der Waals surface area (Å²) in [6, 6.07) is 11.9. The number of amides is 1. The van der Waals surface area contributed by atoms with Gasteiger partial charge < -0.3 is 9.64 Å². The molecule has 0 aliphatic carbocycles. The molecule has 1 amide bonds. The number of para-hydroxylation sites is 3. The van der Waals surface area contributed by atoms with Crippen LogP contribution in [-0.4, -0.2) is 28.6 Å². The predicted octanol–water partition coefficient (Wildman–Crippen LogP) is 2.98. The van der Waals surface area contributed by atoms with Gasteiger partial charge in [0.25, 0.3) is 5.56 Å². The third-order valence-electron chi connectivity index (χ3n) is 4.74. The summed E-state index contributed by atoms with van der Waals surface area (Å²) in [7, 11) is 0. The summed E-state index contributed by atoms with van der Waals surface area (Å²) in [5, 5.41) is 0. The van der Waals surface area contributed by atoms with Crippen molar-refractivity contribution in [3.63, 3.8) is 0 Å². The molecule has 3 aromatic rings. The van der Waals surface area contributed by atoms with Crippen molar-refractivity contribution in [2.45, 2.75) is 26.0 Å². The minimum atomic E-state index is -2.99. The van der Waals surface area contributed by atoms with Crippen molar-refractivity contribution in [3.8, 4) is 5.75 Å². The maximum atomic E-state index is 13.1. The molecule has 0 atom stereocenters. The van der Waals surface area contributed by atoms with Gasteiger partial charge >= 0.3 is 6.61 Å². The Balaban J connectivity index is 1.72. The van der Waals surface area contributed by atoms with E-state index in [0.717, 1.165) is 5.56 Å². The number of hydrogen-bond acceptors (Lipinski definition) is 4. The number of fused-ring (bicyclic) bond motifs is 2. The third kappa shape index (κ3) is 3.33. The normalized spacial score (nSPS) is 13.6. The molecule has 4 rings (SSSR count). The molecule has 1 aromatic heterocycles. The highest BCUT2D eigenvalue weighted by atomic mass is 19.3. The van der Waals surface area contributed by atoms with Gasteiger partial charge in [-0.1, -0.05) is 24.3 Å². The van der Waals surface area contributed by atoms with Gasteiger partial charge in [-0.05, 0) is 36.6 Å². The summed E-state index contributed by atoms with van der Waals surface area (Å²) in [5.74, 6) is -0.405. The van der Waals surface area contributed by atoms with Gasteiger partial charge in [-0.15, -0.1) is 0 Å². The zero-order valence-corrected chi connectivity index (χ0v) is 14.8. The van der Waals surface area contributed by atoms with Crippen LogP contribution < -0.4 is 15.2 Å². The van der Waals surface area contributed by atoms with E-state index in [4.69, 9.17) is 0 Å². The number of hydrogen-bond donors (Lipinski definition) is 0. The van der Waals surface area contributed by atoms with Crippen molar-refractivity contribution in [2.75, 3.05) is 11.4 Å². The summed E-state index contributed by atoms with van der Waals surface area (Å²) in [4.78, 5) is 30.9. The monoisotopic (exact) mass is 385 g/mol. The minimum absolute atomic E-state index is 0.0347. The quantitative estimate of drug-likeness (QED) is 0.693. The summed E-state index contributed by atoms with van der Waals surface area (Å²) in [6.45, 7) is -2.84. The van der Waals surface area contributed by atoms with Gasteiger partial charge in [0.2, 0.25) is 5.91 Å². The Hall–Kier alpha value is -3.29. The van der Waals surface area contributed by atoms with E-state index in [1.54, 1.807) is 36.4 Å². The number of ether oxygens (including phenoxy) is 1. The molecule has 0 saturated heterocycles. The van der Waals surface area contributed by atoms with E-state index in [2.05, 4.69) is 9.72 Å². The first-order valence-electron chi connectivity index (χ1n) is 8.86. The van der Waals surface area contributed by atoms with Crippen LogP contribution in [0.15, 0.2) is 53.5 Å². The zero-order valence-electron chi connectivity index (χ0n) is 14.8. The molecule has 0 fully saturated rings. The lowest BCUT2D eigenvalue weighted by atomic mass is 10.0. The number of halogens is 2. The van der Waals surface area contributed by atoms with E-state index < -0.39 is 12.2 Å². The summed E-state index contributed by atoms with van der Waals surface area (Å²) < 4.78 is 31.6. The largest absolute Gasteiger partial charge is 0.433 e. The average molecular weight is 385 g/mol. The van der Waals surface area contributed by atoms with E-state index in [1.165, 1.54) is 21.7 Å². The smallest absolute Gasteiger partial charge is 0.387 e. The number of anilines is 1. The first kappa shape index (κ1) is 18.1. The van der Waals surface area contributed by atoms with Crippen LogP contribution in [0.2, 0.25) is 0 Å². The Labute approximate surface area is 159 Å². The van der Waals surface area contributed by atoms with E-state index in [0.29, 0.717) is 36.1 Å². The maximum absolute atomic E-state index is 13.1. The fourth-order valence-corrected chi connectivity index (χ4v) is 3.55. The molecule has 0 bridgehead atoms. The molecule has 0 unspecified atom stereocenters. The van der Waals surface area contributed by atoms with Crippen molar-refractivity contribution < 1.29 is 18.3 Å². The Morgan fingerprint density at radius 2 is 2.00 bits per heavy atom. The number of alkyl halides is 2. The molecular formula is C20H17F2N3O3. The Bertz CT molecular complexity index is 1100. The number of benzene rings is 2. The van der Waals surface area contributed by atoms with E-state index in [1.807, 2.05) is 0 Å². The zero-order chi connectivity index (χ0) is 19.7. The molecule has 144 valence electrons. The second-order valence-electron chi connectivity index (χ2n) is 6.46. The fourth-order valence-electron chi connectivity index (χ4n) is 3.55. The number of nitrogens with zero attached hydrogens (tertiary/aromatic N) is 3. The van der Waals surface area contributed by atoms with Crippen molar-refractivity contribution in [2.24, 2.45) is 0 Å². The molecule has 2 heterocycles. The molecule has 1 aliphatic rings. The van der Waals surface area contributed by atoms with Crippen LogP contribution in [0.25, 0.3) is 11.0 Å². The second kappa shape index (κ2) is 7.38. The third-order valence-corrected chi connectivity index (χ3v) is 4.74. The van der Waals surface area contributed by atoms with Gasteiger partial charge in [0.1, 0.15) is 12.3 Å². The summed E-state index contributed by atoms with van der Waals surface area (Å²) in [5.41, 5.74) is 1.85. The first-order chi connectivity index (χ1) is 13.5. The topological polar surface area (TPSA) is 64.4 Å². The van der Waals surface area contributed by atoms with Crippen molar-refractivity contribution >= 4 is 22.6 Å². The molecule has 2 aromatic carbocycles. The van der Waals surface area contributed by atoms with Crippen LogP contribution in [0.1, 0.15) is 12.0 Å². The molecule has 0 radical (unpaired) electrons. The van der Waals surface area contributed by atoms with Gasteiger partial charge in [-0.25, -0.2) is 4.98 Å². The highest BCUT2D eigenvalue weighted by Crippen LogP contribution is 2.37. The fraction of sp³-hybridized carbons (Fsp3) is 0.250. The lowest BCUT2D eigenvalue weighted by Crippen LogP contribution is -2.40.